The summed E-state index contributed by atoms with van der Waals surface area (Å²) in [6.45, 7) is -1.69. The van der Waals surface area contributed by atoms with Gasteiger partial charge in [0.05, 0.1) is 5.56 Å². The first-order valence-corrected chi connectivity index (χ1v) is 5.74. The maximum absolute atomic E-state index is 13.3. The zero-order valence-electron chi connectivity index (χ0n) is 10.9. The lowest BCUT2D eigenvalue weighted by Gasteiger charge is -2.12. The molecule has 0 amide bonds. The molecule has 0 spiro atoms. The van der Waals surface area contributed by atoms with E-state index in [9.17, 15) is 43.9 Å². The maximum Gasteiger partial charge on any atom is 0.207 e. The number of benzene rings is 2. The molecule has 0 aliphatic heterocycles. The van der Waals surface area contributed by atoms with Crippen LogP contribution in [-0.4, -0.2) is 0 Å². The van der Waals surface area contributed by atoms with E-state index in [1.807, 2.05) is 0 Å². The fraction of sp³-hybridized carbons (Fsp3) is 0.0769. The average molecular weight is 364 g/mol. The summed E-state index contributed by atoms with van der Waals surface area (Å²) in [5, 5.41) is 0. The Bertz CT molecular complexity index is 705. The van der Waals surface area contributed by atoms with Crippen molar-refractivity contribution in [1.82, 2.24) is 0 Å². The quantitative estimate of drug-likeness (QED) is 0.438. The molecule has 0 saturated carbocycles. The van der Waals surface area contributed by atoms with Gasteiger partial charge in [0.25, 0.3) is 0 Å². The van der Waals surface area contributed by atoms with Crippen LogP contribution < -0.4 is 4.74 Å². The molecule has 0 N–H and O–H groups in total. The number of rotatable bonds is 3. The van der Waals surface area contributed by atoms with Crippen molar-refractivity contribution in [2.75, 3.05) is 0 Å². The van der Waals surface area contributed by atoms with E-state index in [2.05, 4.69) is 4.74 Å². The maximum atomic E-state index is 13.3. The van der Waals surface area contributed by atoms with Crippen LogP contribution in [0.3, 0.4) is 0 Å². The molecule has 0 fully saturated rings. The molecular weight excluding hydrogens is 362 g/mol. The molecule has 11 heteroatoms. The van der Waals surface area contributed by atoms with Crippen LogP contribution in [0.1, 0.15) is 5.56 Å². The Hall–Kier alpha value is -2.46. The highest BCUT2D eigenvalue weighted by Gasteiger charge is 2.29. The first-order valence-electron chi connectivity index (χ1n) is 5.74. The second kappa shape index (κ2) is 6.21. The van der Waals surface area contributed by atoms with E-state index in [1.165, 1.54) is 0 Å². The van der Waals surface area contributed by atoms with Gasteiger partial charge in [-0.25, -0.2) is 35.1 Å². The van der Waals surface area contributed by atoms with Crippen molar-refractivity contribution in [2.45, 2.75) is 6.61 Å². The van der Waals surface area contributed by atoms with Crippen LogP contribution in [-0.2, 0) is 6.61 Å². The van der Waals surface area contributed by atoms with Gasteiger partial charge in [0, 0.05) is 0 Å². The topological polar surface area (TPSA) is 9.23 Å². The normalized spacial score (nSPS) is 11.1. The SMILES string of the molecule is Fc1c(F)c(F)c(COc2c(F)c(F)c(F)c(F)c2F)c(F)c1F. The highest BCUT2D eigenvalue weighted by Crippen LogP contribution is 2.31. The van der Waals surface area contributed by atoms with Crippen LogP contribution in [0.15, 0.2) is 0 Å². The Kier molecular flexibility index (Phi) is 4.63. The van der Waals surface area contributed by atoms with Crippen molar-refractivity contribution in [1.29, 1.82) is 0 Å². The van der Waals surface area contributed by atoms with Crippen molar-refractivity contribution >= 4 is 0 Å². The van der Waals surface area contributed by atoms with Gasteiger partial charge in [0.2, 0.25) is 34.9 Å². The predicted octanol–water partition coefficient (Wildman–Crippen LogP) is 4.66. The lowest BCUT2D eigenvalue weighted by molar-refractivity contribution is 0.240. The molecule has 0 aliphatic rings. The van der Waals surface area contributed by atoms with Gasteiger partial charge in [0.15, 0.2) is 29.0 Å². The minimum absolute atomic E-state index is 1.66. The molecule has 0 heterocycles. The third-order valence-electron chi connectivity index (χ3n) is 2.83. The molecule has 0 radical (unpaired) electrons. The Morgan fingerprint density at radius 3 is 1.08 bits per heavy atom. The number of ether oxygens (including phenoxy) is 1. The monoisotopic (exact) mass is 364 g/mol. The van der Waals surface area contributed by atoms with Crippen LogP contribution in [0.2, 0.25) is 0 Å². The smallest absolute Gasteiger partial charge is 0.207 e. The second-order valence-corrected chi connectivity index (χ2v) is 4.24. The van der Waals surface area contributed by atoms with Crippen molar-refractivity contribution in [3.05, 3.63) is 63.7 Å². The van der Waals surface area contributed by atoms with Crippen LogP contribution in [0, 0.1) is 58.2 Å². The predicted molar refractivity (Wildman–Crippen MR) is 56.8 cm³/mol. The first-order chi connectivity index (χ1) is 11.1. The summed E-state index contributed by atoms with van der Waals surface area (Å²) in [7, 11) is 0. The largest absolute Gasteiger partial charge is 0.482 e. The standard InChI is InChI=1S/C13H2F10O/c14-3-2(4(15)6(17)7(18)5(3)16)1-24-13-11(22)9(20)8(19)10(21)12(13)23/h1H2. The zero-order valence-corrected chi connectivity index (χ0v) is 10.9. The lowest BCUT2D eigenvalue weighted by Crippen LogP contribution is -2.12. The summed E-state index contributed by atoms with van der Waals surface area (Å²) in [4.78, 5) is 0. The number of hydrogen-bond acceptors (Lipinski definition) is 1. The van der Waals surface area contributed by atoms with Crippen molar-refractivity contribution in [3.63, 3.8) is 0 Å². The lowest BCUT2D eigenvalue weighted by atomic mass is 10.2. The summed E-state index contributed by atoms with van der Waals surface area (Å²) >= 11 is 0. The van der Waals surface area contributed by atoms with E-state index >= 15 is 0 Å². The summed E-state index contributed by atoms with van der Waals surface area (Å²) in [6.07, 6.45) is 0. The van der Waals surface area contributed by atoms with Gasteiger partial charge in [0.1, 0.15) is 6.61 Å². The van der Waals surface area contributed by atoms with Crippen molar-refractivity contribution in [2.24, 2.45) is 0 Å². The minimum atomic E-state index is -2.52. The van der Waals surface area contributed by atoms with Crippen LogP contribution >= 0.6 is 0 Å². The van der Waals surface area contributed by atoms with Gasteiger partial charge in [-0.2, -0.15) is 8.78 Å². The van der Waals surface area contributed by atoms with E-state index in [1.54, 1.807) is 0 Å². The number of hydrogen-bond donors (Lipinski definition) is 0. The molecule has 2 aromatic rings. The van der Waals surface area contributed by atoms with Crippen LogP contribution in [0.5, 0.6) is 5.75 Å². The summed E-state index contributed by atoms with van der Waals surface area (Å²) in [5.41, 5.74) is -1.66. The van der Waals surface area contributed by atoms with Gasteiger partial charge < -0.3 is 4.74 Å². The molecule has 24 heavy (non-hydrogen) atoms. The van der Waals surface area contributed by atoms with E-state index < -0.39 is 76.1 Å². The molecule has 0 aromatic heterocycles. The van der Waals surface area contributed by atoms with Gasteiger partial charge in [-0.15, -0.1) is 0 Å². The molecule has 0 atom stereocenters. The molecule has 2 aromatic carbocycles. The molecule has 1 nitrogen and oxygen atoms in total. The third kappa shape index (κ3) is 2.63. The van der Waals surface area contributed by atoms with Gasteiger partial charge >= 0.3 is 0 Å². The Morgan fingerprint density at radius 2 is 0.708 bits per heavy atom. The van der Waals surface area contributed by atoms with E-state index in [-0.39, 0.29) is 0 Å². The fourth-order valence-corrected chi connectivity index (χ4v) is 1.63. The molecule has 2 rings (SSSR count). The Morgan fingerprint density at radius 1 is 0.417 bits per heavy atom. The molecular formula is C13H2F10O. The highest BCUT2D eigenvalue weighted by atomic mass is 19.2. The molecule has 0 aliphatic carbocycles. The molecule has 0 unspecified atom stereocenters. The second-order valence-electron chi connectivity index (χ2n) is 4.24. The summed E-state index contributed by atoms with van der Waals surface area (Å²) < 4.78 is 135. The average Bonchev–Trinajstić information content (AvgIpc) is 2.57. The summed E-state index contributed by atoms with van der Waals surface area (Å²) in [5.74, 6) is -26.2. The number of halogens is 10. The minimum Gasteiger partial charge on any atom is -0.482 e. The third-order valence-corrected chi connectivity index (χ3v) is 2.83. The van der Waals surface area contributed by atoms with Gasteiger partial charge in [-0.05, 0) is 0 Å². The van der Waals surface area contributed by atoms with E-state index in [0.29, 0.717) is 0 Å². The Labute approximate surface area is 126 Å². The highest BCUT2D eigenvalue weighted by molar-refractivity contribution is 5.31. The van der Waals surface area contributed by atoms with Gasteiger partial charge in [-0.1, -0.05) is 0 Å². The van der Waals surface area contributed by atoms with Crippen molar-refractivity contribution in [3.8, 4) is 5.75 Å². The van der Waals surface area contributed by atoms with Crippen LogP contribution in [0.4, 0.5) is 43.9 Å². The zero-order chi connectivity index (χ0) is 18.3. The summed E-state index contributed by atoms with van der Waals surface area (Å²) in [6, 6.07) is 0. The fourth-order valence-electron chi connectivity index (χ4n) is 1.63. The van der Waals surface area contributed by atoms with Crippen LogP contribution in [0.25, 0.3) is 0 Å². The first kappa shape index (κ1) is 17.9. The van der Waals surface area contributed by atoms with Crippen molar-refractivity contribution < 1.29 is 48.6 Å². The molecule has 0 bridgehead atoms. The Balaban J connectivity index is 2.48. The van der Waals surface area contributed by atoms with Gasteiger partial charge in [-0.3, -0.25) is 0 Å². The molecule has 0 saturated heterocycles. The van der Waals surface area contributed by atoms with E-state index in [0.717, 1.165) is 0 Å². The van der Waals surface area contributed by atoms with E-state index in [4.69, 9.17) is 0 Å². The molecule has 130 valence electrons.